The molecule has 2 fully saturated rings. The lowest BCUT2D eigenvalue weighted by molar-refractivity contribution is -0.168. The minimum Gasteiger partial charge on any atom is -0.389 e. The average molecular weight is 405 g/mol. The Hall–Kier alpha value is -0.860. The van der Waals surface area contributed by atoms with Crippen LogP contribution < -0.4 is 5.32 Å². The molecule has 1 aromatic heterocycles. The first-order valence-electron chi connectivity index (χ1n) is 7.85. The number of rotatable bonds is 4. The predicted molar refractivity (Wildman–Crippen MR) is 94.0 cm³/mol. The van der Waals surface area contributed by atoms with Gasteiger partial charge in [-0.25, -0.2) is 0 Å². The van der Waals surface area contributed by atoms with E-state index in [1.54, 1.807) is 23.0 Å². The molecule has 3 heterocycles. The first kappa shape index (κ1) is 17.5. The highest BCUT2D eigenvalue weighted by Crippen LogP contribution is 2.36. The van der Waals surface area contributed by atoms with Gasteiger partial charge in [-0.2, -0.15) is 5.10 Å². The summed E-state index contributed by atoms with van der Waals surface area (Å²) in [7, 11) is 0. The Morgan fingerprint density at radius 2 is 2.12 bits per heavy atom. The van der Waals surface area contributed by atoms with Crippen LogP contribution in [0.15, 0.2) is 30.6 Å². The van der Waals surface area contributed by atoms with Gasteiger partial charge in [0.2, 0.25) is 0 Å². The fourth-order valence-electron chi connectivity index (χ4n) is 3.30. The largest absolute Gasteiger partial charge is 0.389 e. The first-order valence-corrected chi connectivity index (χ1v) is 8.98. The van der Waals surface area contributed by atoms with Crippen LogP contribution in [0.3, 0.4) is 0 Å². The minimum atomic E-state index is -0.745. The number of nitrogens with zero attached hydrogens (tertiary/aromatic N) is 2. The van der Waals surface area contributed by atoms with Crippen LogP contribution in [0.5, 0.6) is 0 Å². The van der Waals surface area contributed by atoms with E-state index in [4.69, 9.17) is 44.3 Å². The van der Waals surface area contributed by atoms with Crippen LogP contribution in [0.2, 0.25) is 15.1 Å². The van der Waals surface area contributed by atoms with Gasteiger partial charge in [-0.15, -0.1) is 0 Å². The molecule has 134 valence electrons. The van der Waals surface area contributed by atoms with Crippen molar-refractivity contribution >= 4 is 34.8 Å². The summed E-state index contributed by atoms with van der Waals surface area (Å²) in [5, 5.41) is 19.9. The standard InChI is InChI=1S/C16H16Cl3N3O3/c17-9-5-21-22(6-9)14-15(23)13(12-7-24-16(14)25-12)20-4-8-1-2-10(18)11(19)3-8/h1-3,5-6,12-16,20,23H,4,7H2. The van der Waals surface area contributed by atoms with Crippen molar-refractivity contribution in [2.45, 2.75) is 37.1 Å². The number of halogens is 3. The summed E-state index contributed by atoms with van der Waals surface area (Å²) in [6.07, 6.45) is 1.65. The summed E-state index contributed by atoms with van der Waals surface area (Å²) in [6, 6.07) is 4.64. The molecule has 6 nitrogen and oxygen atoms in total. The Kier molecular flexibility index (Phi) is 4.94. The normalized spacial score (nSPS) is 31.4. The SMILES string of the molecule is OC1C(NCc2ccc(Cl)c(Cl)c2)C2COC(O2)C1n1cc(Cl)cn1. The molecular formula is C16H16Cl3N3O3. The van der Waals surface area contributed by atoms with Crippen molar-refractivity contribution in [1.29, 1.82) is 0 Å². The van der Waals surface area contributed by atoms with Crippen LogP contribution in [-0.2, 0) is 16.0 Å². The Morgan fingerprint density at radius 1 is 1.28 bits per heavy atom. The lowest BCUT2D eigenvalue weighted by Crippen LogP contribution is -2.57. The number of hydrogen-bond donors (Lipinski definition) is 2. The molecule has 5 atom stereocenters. The number of aliphatic hydroxyl groups is 1. The summed E-state index contributed by atoms with van der Waals surface area (Å²) >= 11 is 17.9. The van der Waals surface area contributed by atoms with Gasteiger partial charge < -0.3 is 19.9 Å². The number of fused-ring (bicyclic) bond motifs is 2. The molecule has 0 saturated carbocycles. The minimum absolute atomic E-state index is 0.231. The number of nitrogens with one attached hydrogen (secondary N) is 1. The summed E-state index contributed by atoms with van der Waals surface area (Å²) in [6.45, 7) is 0.919. The molecule has 2 aliphatic rings. The van der Waals surface area contributed by atoms with Crippen LogP contribution in [0.4, 0.5) is 0 Å². The molecule has 2 N–H and O–H groups in total. The van der Waals surface area contributed by atoms with E-state index in [1.165, 1.54) is 6.20 Å². The Balaban J connectivity index is 1.51. The zero-order valence-electron chi connectivity index (χ0n) is 13.0. The molecule has 2 aromatic rings. The van der Waals surface area contributed by atoms with Crippen molar-refractivity contribution in [2.75, 3.05) is 6.61 Å². The quantitative estimate of drug-likeness (QED) is 0.820. The van der Waals surface area contributed by atoms with Gasteiger partial charge in [0.05, 0.1) is 40.0 Å². The second-order valence-corrected chi connectivity index (χ2v) is 7.40. The van der Waals surface area contributed by atoms with Gasteiger partial charge in [0.15, 0.2) is 6.29 Å². The molecule has 5 unspecified atom stereocenters. The summed E-state index contributed by atoms with van der Waals surface area (Å²) in [4.78, 5) is 0. The summed E-state index contributed by atoms with van der Waals surface area (Å²) in [5.41, 5.74) is 0.960. The fourth-order valence-corrected chi connectivity index (χ4v) is 3.76. The van der Waals surface area contributed by atoms with Crippen molar-refractivity contribution in [1.82, 2.24) is 15.1 Å². The summed E-state index contributed by atoms with van der Waals surface area (Å²) < 4.78 is 13.2. The van der Waals surface area contributed by atoms with Gasteiger partial charge >= 0.3 is 0 Å². The molecule has 0 spiro atoms. The highest BCUT2D eigenvalue weighted by molar-refractivity contribution is 6.42. The average Bonchev–Trinajstić information content (AvgIpc) is 3.19. The number of hydrogen-bond acceptors (Lipinski definition) is 5. The Morgan fingerprint density at radius 3 is 2.84 bits per heavy atom. The van der Waals surface area contributed by atoms with Gasteiger partial charge in [0.1, 0.15) is 12.1 Å². The van der Waals surface area contributed by atoms with Crippen LogP contribution in [0.25, 0.3) is 0 Å². The second kappa shape index (κ2) is 7.04. The topological polar surface area (TPSA) is 68.5 Å². The maximum atomic E-state index is 10.9. The van der Waals surface area contributed by atoms with Gasteiger partial charge in [-0.3, -0.25) is 4.68 Å². The van der Waals surface area contributed by atoms with E-state index < -0.39 is 18.4 Å². The smallest absolute Gasteiger partial charge is 0.183 e. The molecule has 9 heteroatoms. The van der Waals surface area contributed by atoms with Crippen LogP contribution in [0, 0.1) is 0 Å². The van der Waals surface area contributed by atoms with Crippen molar-refractivity contribution < 1.29 is 14.6 Å². The fraction of sp³-hybridized carbons (Fsp3) is 0.438. The maximum absolute atomic E-state index is 10.9. The highest BCUT2D eigenvalue weighted by Gasteiger charge is 2.51. The monoisotopic (exact) mass is 403 g/mol. The molecule has 2 aliphatic heterocycles. The second-order valence-electron chi connectivity index (χ2n) is 6.15. The molecule has 0 aliphatic carbocycles. The first-order chi connectivity index (χ1) is 12.0. The van der Waals surface area contributed by atoms with Crippen LogP contribution >= 0.6 is 34.8 Å². The van der Waals surface area contributed by atoms with Crippen LogP contribution in [0.1, 0.15) is 11.6 Å². The predicted octanol–water partition coefficient (Wildman–Crippen LogP) is 2.66. The van der Waals surface area contributed by atoms with E-state index in [1.807, 2.05) is 6.07 Å². The highest BCUT2D eigenvalue weighted by atomic mass is 35.5. The molecule has 25 heavy (non-hydrogen) atoms. The zero-order chi connectivity index (χ0) is 17.6. The van der Waals surface area contributed by atoms with Crippen molar-refractivity contribution in [3.8, 4) is 0 Å². The Bertz CT molecular complexity index is 772. The van der Waals surface area contributed by atoms with Crippen molar-refractivity contribution in [3.05, 3.63) is 51.2 Å². The van der Waals surface area contributed by atoms with Crippen molar-refractivity contribution in [3.63, 3.8) is 0 Å². The molecule has 1 aromatic carbocycles. The van der Waals surface area contributed by atoms with Gasteiger partial charge in [-0.05, 0) is 17.7 Å². The van der Waals surface area contributed by atoms with E-state index in [9.17, 15) is 5.11 Å². The molecule has 2 bridgehead atoms. The molecule has 2 saturated heterocycles. The van der Waals surface area contributed by atoms with Gasteiger partial charge in [0, 0.05) is 12.7 Å². The van der Waals surface area contributed by atoms with E-state index in [0.29, 0.717) is 28.2 Å². The van der Waals surface area contributed by atoms with E-state index in [0.717, 1.165) is 5.56 Å². The zero-order valence-corrected chi connectivity index (χ0v) is 15.2. The number of benzene rings is 1. The maximum Gasteiger partial charge on any atom is 0.183 e. The van der Waals surface area contributed by atoms with E-state index >= 15 is 0 Å². The number of aromatic nitrogens is 2. The van der Waals surface area contributed by atoms with Gasteiger partial charge in [-0.1, -0.05) is 40.9 Å². The van der Waals surface area contributed by atoms with E-state index in [2.05, 4.69) is 10.4 Å². The Labute approximate surface area is 159 Å². The molecular weight excluding hydrogens is 389 g/mol. The number of ether oxygens (including phenoxy) is 2. The lowest BCUT2D eigenvalue weighted by Gasteiger charge is -2.38. The molecule has 0 amide bonds. The molecule has 4 rings (SSSR count). The number of aliphatic hydroxyl groups excluding tert-OH is 1. The van der Waals surface area contributed by atoms with Gasteiger partial charge in [0.25, 0.3) is 0 Å². The third-order valence-corrected chi connectivity index (χ3v) is 5.47. The third kappa shape index (κ3) is 3.40. The molecule has 0 radical (unpaired) electrons. The third-order valence-electron chi connectivity index (χ3n) is 4.53. The van der Waals surface area contributed by atoms with Crippen LogP contribution in [-0.4, -0.2) is 46.0 Å². The van der Waals surface area contributed by atoms with E-state index in [-0.39, 0.29) is 12.1 Å². The lowest BCUT2D eigenvalue weighted by atomic mass is 9.96. The van der Waals surface area contributed by atoms with Crippen molar-refractivity contribution in [2.24, 2.45) is 0 Å². The summed E-state index contributed by atoms with van der Waals surface area (Å²) in [5.74, 6) is 0.